The molecule has 1 fully saturated rings. The molecule has 0 bridgehead atoms. The van der Waals surface area contributed by atoms with E-state index in [2.05, 4.69) is 48.7 Å². The van der Waals surface area contributed by atoms with Gasteiger partial charge in [-0.05, 0) is 38.2 Å². The molecule has 0 aromatic heterocycles. The Labute approximate surface area is 105 Å². The fraction of sp³-hybridized carbons (Fsp3) is 0.500. The molecule has 0 saturated carbocycles. The Bertz CT molecular complexity index is 344. The molecule has 1 saturated heterocycles. The van der Waals surface area contributed by atoms with Crippen LogP contribution >= 0.6 is 0 Å². The Morgan fingerprint density at radius 3 is 2.76 bits per heavy atom. The van der Waals surface area contributed by atoms with E-state index in [4.69, 9.17) is 0 Å². The molecule has 0 unspecified atom stereocenters. The summed E-state index contributed by atoms with van der Waals surface area (Å²) < 4.78 is 0. The fourth-order valence-corrected chi connectivity index (χ4v) is 2.87. The smallest absolute Gasteiger partial charge is 0.0139 e. The predicted octanol–water partition coefficient (Wildman–Crippen LogP) is 3.66. The van der Waals surface area contributed by atoms with Crippen molar-refractivity contribution >= 4 is 0 Å². The van der Waals surface area contributed by atoms with Crippen LogP contribution in [0.4, 0.5) is 0 Å². The van der Waals surface area contributed by atoms with Crippen molar-refractivity contribution in [3.8, 4) is 0 Å². The number of rotatable bonds is 5. The van der Waals surface area contributed by atoms with Gasteiger partial charge in [0.15, 0.2) is 0 Å². The summed E-state index contributed by atoms with van der Waals surface area (Å²) in [4.78, 5) is 2.66. The second-order valence-corrected chi connectivity index (χ2v) is 5.09. The van der Waals surface area contributed by atoms with Gasteiger partial charge in [-0.15, -0.1) is 6.58 Å². The van der Waals surface area contributed by atoms with Crippen molar-refractivity contribution in [2.24, 2.45) is 0 Å². The predicted molar refractivity (Wildman–Crippen MR) is 74.2 cm³/mol. The van der Waals surface area contributed by atoms with E-state index in [9.17, 15) is 0 Å². The summed E-state index contributed by atoms with van der Waals surface area (Å²) in [7, 11) is 0. The molecule has 0 N–H and O–H groups in total. The van der Waals surface area contributed by atoms with Gasteiger partial charge in [-0.2, -0.15) is 0 Å². The van der Waals surface area contributed by atoms with Crippen LogP contribution < -0.4 is 0 Å². The standard InChI is InChI=1S/C16H23N/c1-3-4-12-17-14(2)10-11-16(17)13-15-8-6-5-7-9-15/h3,5-9,14,16H,1,4,10-13H2,2H3/t14-,16+/m0/s1. The molecule has 2 rings (SSSR count). The summed E-state index contributed by atoms with van der Waals surface area (Å²) in [6, 6.07) is 12.3. The van der Waals surface area contributed by atoms with E-state index < -0.39 is 0 Å². The highest BCUT2D eigenvalue weighted by atomic mass is 15.2. The van der Waals surface area contributed by atoms with E-state index in [0.29, 0.717) is 0 Å². The van der Waals surface area contributed by atoms with Gasteiger partial charge in [0.2, 0.25) is 0 Å². The second kappa shape index (κ2) is 6.02. The lowest BCUT2D eigenvalue weighted by Gasteiger charge is -2.28. The molecular weight excluding hydrogens is 206 g/mol. The van der Waals surface area contributed by atoms with Crippen molar-refractivity contribution in [1.29, 1.82) is 0 Å². The maximum absolute atomic E-state index is 3.83. The first kappa shape index (κ1) is 12.4. The third-order valence-corrected chi connectivity index (χ3v) is 3.86. The Balaban J connectivity index is 1.97. The molecule has 1 heteroatoms. The van der Waals surface area contributed by atoms with Crippen molar-refractivity contribution in [2.45, 2.75) is 44.7 Å². The SMILES string of the molecule is C=CCCN1[C@@H](Cc2ccccc2)CC[C@@H]1C. The first-order valence-electron chi connectivity index (χ1n) is 6.72. The lowest BCUT2D eigenvalue weighted by molar-refractivity contribution is 0.205. The topological polar surface area (TPSA) is 3.24 Å². The minimum absolute atomic E-state index is 0.729. The summed E-state index contributed by atoms with van der Waals surface area (Å²) in [5.41, 5.74) is 1.47. The molecule has 92 valence electrons. The van der Waals surface area contributed by atoms with Gasteiger partial charge in [0.05, 0.1) is 0 Å². The molecule has 17 heavy (non-hydrogen) atoms. The Kier molecular flexibility index (Phi) is 4.38. The summed E-state index contributed by atoms with van der Waals surface area (Å²) in [6.07, 6.45) is 7.02. The van der Waals surface area contributed by atoms with Crippen LogP contribution in [0.2, 0.25) is 0 Å². The third kappa shape index (κ3) is 3.19. The van der Waals surface area contributed by atoms with Gasteiger partial charge < -0.3 is 0 Å². The lowest BCUT2D eigenvalue weighted by atomic mass is 10.0. The van der Waals surface area contributed by atoms with E-state index in [1.807, 2.05) is 6.08 Å². The number of likely N-dealkylation sites (tertiary alicyclic amines) is 1. The minimum atomic E-state index is 0.729. The van der Waals surface area contributed by atoms with Crippen LogP contribution in [0.5, 0.6) is 0 Å². The van der Waals surface area contributed by atoms with E-state index in [-0.39, 0.29) is 0 Å². The van der Waals surface area contributed by atoms with E-state index >= 15 is 0 Å². The third-order valence-electron chi connectivity index (χ3n) is 3.86. The van der Waals surface area contributed by atoms with Gasteiger partial charge in [0.1, 0.15) is 0 Å². The van der Waals surface area contributed by atoms with Crippen LogP contribution in [0.1, 0.15) is 31.7 Å². The fourth-order valence-electron chi connectivity index (χ4n) is 2.87. The van der Waals surface area contributed by atoms with Crippen LogP contribution in [0, 0.1) is 0 Å². The number of hydrogen-bond donors (Lipinski definition) is 0. The van der Waals surface area contributed by atoms with Crippen LogP contribution in [0.25, 0.3) is 0 Å². The van der Waals surface area contributed by atoms with Crippen LogP contribution in [-0.2, 0) is 6.42 Å². The molecule has 1 aliphatic heterocycles. The van der Waals surface area contributed by atoms with Crippen LogP contribution in [0.3, 0.4) is 0 Å². The summed E-state index contributed by atoms with van der Waals surface area (Å²) in [5, 5.41) is 0. The maximum atomic E-state index is 3.83. The second-order valence-electron chi connectivity index (χ2n) is 5.09. The van der Waals surface area contributed by atoms with Gasteiger partial charge in [-0.3, -0.25) is 4.90 Å². The highest BCUT2D eigenvalue weighted by molar-refractivity contribution is 5.16. The minimum Gasteiger partial charge on any atom is -0.297 e. The first-order valence-corrected chi connectivity index (χ1v) is 6.72. The lowest BCUT2D eigenvalue weighted by Crippen LogP contribution is -2.36. The normalized spacial score (nSPS) is 25.0. The van der Waals surface area contributed by atoms with Gasteiger partial charge in [0, 0.05) is 18.6 Å². The highest BCUT2D eigenvalue weighted by Crippen LogP contribution is 2.26. The van der Waals surface area contributed by atoms with Gasteiger partial charge in [0.25, 0.3) is 0 Å². The molecule has 0 spiro atoms. The molecule has 1 heterocycles. The van der Waals surface area contributed by atoms with Crippen molar-refractivity contribution in [3.05, 3.63) is 48.6 Å². The molecular formula is C16H23N. The van der Waals surface area contributed by atoms with Gasteiger partial charge in [-0.25, -0.2) is 0 Å². The summed E-state index contributed by atoms with van der Waals surface area (Å²) in [5.74, 6) is 0. The molecule has 2 atom stereocenters. The van der Waals surface area contributed by atoms with Gasteiger partial charge >= 0.3 is 0 Å². The maximum Gasteiger partial charge on any atom is 0.0139 e. The molecule has 0 amide bonds. The Hall–Kier alpha value is -1.08. The zero-order chi connectivity index (χ0) is 12.1. The number of nitrogens with zero attached hydrogens (tertiary/aromatic N) is 1. The molecule has 1 aliphatic rings. The van der Waals surface area contributed by atoms with Crippen molar-refractivity contribution in [1.82, 2.24) is 4.90 Å². The van der Waals surface area contributed by atoms with Crippen molar-refractivity contribution in [3.63, 3.8) is 0 Å². The monoisotopic (exact) mass is 229 g/mol. The average Bonchev–Trinajstić information content (AvgIpc) is 2.69. The molecule has 0 aliphatic carbocycles. The first-order chi connectivity index (χ1) is 8.31. The highest BCUT2D eigenvalue weighted by Gasteiger charge is 2.29. The van der Waals surface area contributed by atoms with E-state index in [0.717, 1.165) is 18.5 Å². The van der Waals surface area contributed by atoms with Crippen LogP contribution in [0.15, 0.2) is 43.0 Å². The molecule has 1 nitrogen and oxygen atoms in total. The quantitative estimate of drug-likeness (QED) is 0.696. The zero-order valence-corrected chi connectivity index (χ0v) is 10.8. The molecule has 0 radical (unpaired) electrons. The van der Waals surface area contributed by atoms with Gasteiger partial charge in [-0.1, -0.05) is 36.4 Å². The molecule has 1 aromatic carbocycles. The summed E-state index contributed by atoms with van der Waals surface area (Å²) >= 11 is 0. The Morgan fingerprint density at radius 2 is 2.06 bits per heavy atom. The Morgan fingerprint density at radius 1 is 1.29 bits per heavy atom. The van der Waals surface area contributed by atoms with Crippen molar-refractivity contribution < 1.29 is 0 Å². The van der Waals surface area contributed by atoms with E-state index in [1.165, 1.54) is 31.4 Å². The van der Waals surface area contributed by atoms with E-state index in [1.54, 1.807) is 0 Å². The van der Waals surface area contributed by atoms with Crippen LogP contribution in [-0.4, -0.2) is 23.5 Å². The largest absolute Gasteiger partial charge is 0.297 e. The number of hydrogen-bond acceptors (Lipinski definition) is 1. The number of benzene rings is 1. The van der Waals surface area contributed by atoms with Crippen molar-refractivity contribution in [2.75, 3.05) is 6.54 Å². The average molecular weight is 229 g/mol. The molecule has 1 aromatic rings. The summed E-state index contributed by atoms with van der Waals surface area (Å²) in [6.45, 7) is 7.35. The zero-order valence-electron chi connectivity index (χ0n) is 10.8.